The van der Waals surface area contributed by atoms with Gasteiger partial charge in [-0.2, -0.15) is 13.2 Å². The average molecular weight is 354 g/mol. The number of ether oxygens (including phenoxy) is 1. The molecule has 0 aliphatic carbocycles. The molecule has 0 radical (unpaired) electrons. The largest absolute Gasteiger partial charge is 0.483 e. The van der Waals surface area contributed by atoms with Gasteiger partial charge in [-0.15, -0.1) is 0 Å². The maximum atomic E-state index is 13.2. The molecule has 0 spiro atoms. The molecule has 1 rings (SSSR count). The van der Waals surface area contributed by atoms with E-state index in [1.165, 1.54) is 37.5 Å². The normalized spacial score (nSPS) is 14.8. The molecule has 1 atom stereocenters. The van der Waals surface area contributed by atoms with Crippen LogP contribution in [0.15, 0.2) is 47.3 Å². The van der Waals surface area contributed by atoms with Crippen LogP contribution >= 0.6 is 23.5 Å². The number of hydrogen-bond donors (Lipinski definition) is 3. The quantitative estimate of drug-likeness (QED) is 0.415. The van der Waals surface area contributed by atoms with Crippen LogP contribution in [0.1, 0.15) is 11.6 Å². The van der Waals surface area contributed by atoms with Crippen molar-refractivity contribution < 1.29 is 17.9 Å². The molecule has 5 N–H and O–H groups in total. The Bertz CT molecular complexity index is 546. The first-order chi connectivity index (χ1) is 10.3. The molecule has 1 aromatic rings. The zero-order valence-corrected chi connectivity index (χ0v) is 13.1. The van der Waals surface area contributed by atoms with Crippen LogP contribution in [-0.2, 0) is 4.74 Å². The van der Waals surface area contributed by atoms with Crippen molar-refractivity contribution >= 4 is 23.5 Å². The van der Waals surface area contributed by atoms with Gasteiger partial charge in [0.1, 0.15) is 6.04 Å². The molecule has 0 unspecified atom stereocenters. The lowest BCUT2D eigenvalue weighted by Crippen LogP contribution is -2.30. The van der Waals surface area contributed by atoms with E-state index in [0.29, 0.717) is 17.0 Å². The zero-order chi connectivity index (χ0) is 16.8. The van der Waals surface area contributed by atoms with Crippen LogP contribution in [0.5, 0.6) is 0 Å². The first kappa shape index (κ1) is 18.5. The SMILES string of the molecule is CO/C(N)=C/C(=C\N)SN[C@H](c1ccc(Cl)cc1)C(F)(F)F. The topological polar surface area (TPSA) is 73.3 Å². The summed E-state index contributed by atoms with van der Waals surface area (Å²) in [6.45, 7) is 0. The summed E-state index contributed by atoms with van der Waals surface area (Å²) in [6.07, 6.45) is -2.05. The molecule has 1 aromatic carbocycles. The third kappa shape index (κ3) is 5.70. The number of benzene rings is 1. The number of halogens is 4. The summed E-state index contributed by atoms with van der Waals surface area (Å²) in [7, 11) is 1.34. The summed E-state index contributed by atoms with van der Waals surface area (Å²) in [5, 5.41) is 0.357. The van der Waals surface area contributed by atoms with Crippen LogP contribution in [0, 0.1) is 0 Å². The number of rotatable bonds is 6. The minimum absolute atomic E-state index is 0.0288. The summed E-state index contributed by atoms with van der Waals surface area (Å²) >= 11 is 6.38. The number of hydrogen-bond acceptors (Lipinski definition) is 5. The van der Waals surface area contributed by atoms with Crippen LogP contribution in [0.3, 0.4) is 0 Å². The number of nitrogens with one attached hydrogen (secondary N) is 1. The molecule has 22 heavy (non-hydrogen) atoms. The van der Waals surface area contributed by atoms with Gasteiger partial charge in [-0.05, 0) is 29.6 Å². The Morgan fingerprint density at radius 3 is 2.41 bits per heavy atom. The molecule has 0 heterocycles. The molecule has 0 amide bonds. The van der Waals surface area contributed by atoms with Crippen LogP contribution in [0.25, 0.3) is 0 Å². The second-order valence-corrected chi connectivity index (χ2v) is 5.41. The van der Waals surface area contributed by atoms with E-state index in [-0.39, 0.29) is 16.4 Å². The smallest absolute Gasteiger partial charge is 0.408 e. The molecule has 0 saturated heterocycles. The summed E-state index contributed by atoms with van der Waals surface area (Å²) in [6, 6.07) is 3.51. The first-order valence-electron chi connectivity index (χ1n) is 5.95. The third-order valence-electron chi connectivity index (χ3n) is 2.51. The van der Waals surface area contributed by atoms with Gasteiger partial charge in [0.2, 0.25) is 0 Å². The van der Waals surface area contributed by atoms with Crippen molar-refractivity contribution in [1.82, 2.24) is 4.72 Å². The Hall–Kier alpha value is -1.51. The number of nitrogens with two attached hydrogens (primary N) is 2. The van der Waals surface area contributed by atoms with Gasteiger partial charge in [0.15, 0.2) is 5.88 Å². The average Bonchev–Trinajstić information content (AvgIpc) is 2.46. The van der Waals surface area contributed by atoms with Crippen molar-refractivity contribution in [3.05, 3.63) is 57.9 Å². The van der Waals surface area contributed by atoms with Crippen molar-refractivity contribution in [2.75, 3.05) is 7.11 Å². The van der Waals surface area contributed by atoms with Gasteiger partial charge >= 0.3 is 6.18 Å². The Balaban J connectivity index is 2.90. The fraction of sp³-hybridized carbons (Fsp3) is 0.231. The van der Waals surface area contributed by atoms with E-state index in [1.807, 2.05) is 0 Å². The molecule has 0 fully saturated rings. The molecule has 9 heteroatoms. The highest BCUT2D eigenvalue weighted by atomic mass is 35.5. The Morgan fingerprint density at radius 2 is 1.95 bits per heavy atom. The van der Waals surface area contributed by atoms with Gasteiger partial charge in [-0.25, -0.2) is 4.72 Å². The molecular weight excluding hydrogens is 339 g/mol. The second-order valence-electron chi connectivity index (χ2n) is 4.07. The van der Waals surface area contributed by atoms with Crippen LogP contribution in [0.4, 0.5) is 13.2 Å². The molecule has 0 aromatic heterocycles. The Morgan fingerprint density at radius 1 is 1.36 bits per heavy atom. The maximum absolute atomic E-state index is 13.2. The summed E-state index contributed by atoms with van der Waals surface area (Å²) in [5.74, 6) is 0.0288. The monoisotopic (exact) mass is 353 g/mol. The summed E-state index contributed by atoms with van der Waals surface area (Å²) in [4.78, 5) is 0.280. The van der Waals surface area contributed by atoms with Crippen molar-refractivity contribution in [1.29, 1.82) is 0 Å². The highest BCUT2D eigenvalue weighted by Gasteiger charge is 2.40. The van der Waals surface area contributed by atoms with Gasteiger partial charge in [-0.1, -0.05) is 23.7 Å². The lowest BCUT2D eigenvalue weighted by molar-refractivity contribution is -0.152. The predicted octanol–water partition coefficient (Wildman–Crippen LogP) is 3.43. The second kappa shape index (κ2) is 8.21. The van der Waals surface area contributed by atoms with Gasteiger partial charge in [0, 0.05) is 22.2 Å². The van der Waals surface area contributed by atoms with E-state index < -0.39 is 12.2 Å². The van der Waals surface area contributed by atoms with Gasteiger partial charge in [-0.3, -0.25) is 0 Å². The van der Waals surface area contributed by atoms with E-state index in [1.54, 1.807) is 0 Å². The molecule has 0 saturated carbocycles. The Labute approximate surface area is 135 Å². The van der Waals surface area contributed by atoms with Crippen LogP contribution < -0.4 is 16.2 Å². The highest BCUT2D eigenvalue weighted by molar-refractivity contribution is 8.01. The molecular formula is C13H15ClF3N3OS. The van der Waals surface area contributed by atoms with Crippen molar-refractivity contribution in [3.8, 4) is 0 Å². The fourth-order valence-electron chi connectivity index (χ4n) is 1.42. The van der Waals surface area contributed by atoms with E-state index in [2.05, 4.69) is 4.72 Å². The fourth-order valence-corrected chi connectivity index (χ4v) is 2.31. The van der Waals surface area contributed by atoms with E-state index >= 15 is 0 Å². The number of alkyl halides is 3. The maximum Gasteiger partial charge on any atom is 0.408 e. The molecule has 122 valence electrons. The lowest BCUT2D eigenvalue weighted by atomic mass is 10.1. The van der Waals surface area contributed by atoms with Crippen molar-refractivity contribution in [2.24, 2.45) is 11.5 Å². The molecule has 0 bridgehead atoms. The number of allylic oxidation sites excluding steroid dienone is 1. The zero-order valence-electron chi connectivity index (χ0n) is 11.5. The van der Waals surface area contributed by atoms with Gasteiger partial charge < -0.3 is 16.2 Å². The molecule has 0 aliphatic rings. The number of methoxy groups -OCH3 is 1. The predicted molar refractivity (Wildman–Crippen MR) is 82.5 cm³/mol. The molecule has 4 nitrogen and oxygen atoms in total. The first-order valence-corrected chi connectivity index (χ1v) is 7.15. The Kier molecular flexibility index (Phi) is 6.92. The highest BCUT2D eigenvalue weighted by Crippen LogP contribution is 2.35. The molecule has 0 aliphatic heterocycles. The van der Waals surface area contributed by atoms with Crippen molar-refractivity contribution in [2.45, 2.75) is 12.2 Å². The van der Waals surface area contributed by atoms with Crippen LogP contribution in [-0.4, -0.2) is 13.3 Å². The van der Waals surface area contributed by atoms with Crippen LogP contribution in [0.2, 0.25) is 5.02 Å². The van der Waals surface area contributed by atoms with Gasteiger partial charge in [0.25, 0.3) is 0 Å². The van der Waals surface area contributed by atoms with Crippen molar-refractivity contribution in [3.63, 3.8) is 0 Å². The lowest BCUT2D eigenvalue weighted by Gasteiger charge is -2.21. The van der Waals surface area contributed by atoms with Gasteiger partial charge in [0.05, 0.1) is 7.11 Å². The standard InChI is InChI=1S/C13H15ClF3N3OS/c1-21-11(19)6-10(7-18)22-20-12(13(15,16)17)8-2-4-9(14)5-3-8/h2-7,12,20H,18-19H2,1H3/b10-7+,11-6+/t12-/m1/s1. The summed E-state index contributed by atoms with van der Waals surface area (Å²) < 4.78 is 46.5. The van der Waals surface area contributed by atoms with E-state index in [4.69, 9.17) is 27.8 Å². The van der Waals surface area contributed by atoms with E-state index in [0.717, 1.165) is 6.20 Å². The summed E-state index contributed by atoms with van der Waals surface area (Å²) in [5.41, 5.74) is 10.8. The van der Waals surface area contributed by atoms with E-state index in [9.17, 15) is 13.2 Å². The minimum atomic E-state index is -4.49. The third-order valence-corrected chi connectivity index (χ3v) is 3.60. The minimum Gasteiger partial charge on any atom is -0.483 e.